The van der Waals surface area contributed by atoms with Crippen LogP contribution in [-0.2, 0) is 22.4 Å². The lowest BCUT2D eigenvalue weighted by molar-refractivity contribution is -0.119. The summed E-state index contributed by atoms with van der Waals surface area (Å²) in [6, 6.07) is 8.44. The number of benzene rings is 2. The van der Waals surface area contributed by atoms with Gasteiger partial charge in [0.25, 0.3) is 0 Å². The number of nitrogens with one attached hydrogen (secondary N) is 1. The molecule has 1 N–H and O–H groups in total. The van der Waals surface area contributed by atoms with Crippen molar-refractivity contribution in [3.05, 3.63) is 76.7 Å². The molecule has 9 heteroatoms. The molecule has 0 bridgehead atoms. The molecule has 0 radical (unpaired) electrons. The molecule has 2 aliphatic heterocycles. The number of aromatic nitrogens is 1. The van der Waals surface area contributed by atoms with Crippen LogP contribution < -0.4 is 14.8 Å². The Hall–Kier alpha value is -3.88. The predicted molar refractivity (Wildman–Crippen MR) is 118 cm³/mol. The highest BCUT2D eigenvalue weighted by atomic mass is 19.2. The SMILES string of the molecule is O=C(Cc1cc(F)c(F)cc1F)CC1C2Oc3ccc(Oc4ccnc5c4CCC(=O)N5)cc3[C@@H]12. The zero-order valence-electron chi connectivity index (χ0n) is 18.3. The molecule has 3 heterocycles. The number of halogens is 3. The number of hydrogen-bond acceptors (Lipinski definition) is 5. The standard InChI is InChI=1S/C26H19F3N2O4/c27-18-11-20(29)19(28)8-12(18)7-13(32)9-17-24-16-10-14(1-3-21(16)35-25(17)24)34-22-5-6-30-26-15(22)2-4-23(33)31-26/h1,3,5-6,8,10-11,17,24-25H,2,4,7,9H2,(H,30,31,33)/t17?,24-,25?/m0/s1. The monoisotopic (exact) mass is 480 g/mol. The second-order valence-electron chi connectivity index (χ2n) is 9.04. The maximum Gasteiger partial charge on any atom is 0.225 e. The van der Waals surface area contributed by atoms with E-state index in [0.717, 1.165) is 22.9 Å². The predicted octanol–water partition coefficient (Wildman–Crippen LogP) is 4.85. The van der Waals surface area contributed by atoms with E-state index in [9.17, 15) is 22.8 Å². The van der Waals surface area contributed by atoms with Crippen molar-refractivity contribution in [1.29, 1.82) is 0 Å². The van der Waals surface area contributed by atoms with Gasteiger partial charge in [-0.05, 0) is 42.3 Å². The molecule has 2 unspecified atom stereocenters. The molecule has 1 aromatic heterocycles. The molecule has 35 heavy (non-hydrogen) atoms. The van der Waals surface area contributed by atoms with Crippen molar-refractivity contribution in [2.24, 2.45) is 5.92 Å². The van der Waals surface area contributed by atoms with E-state index in [1.165, 1.54) is 0 Å². The second-order valence-corrected chi connectivity index (χ2v) is 9.04. The van der Waals surface area contributed by atoms with Gasteiger partial charge in [-0.3, -0.25) is 9.59 Å². The molecule has 0 saturated heterocycles. The maximum absolute atomic E-state index is 13.9. The molecular weight excluding hydrogens is 461 g/mol. The molecule has 3 aliphatic rings. The Morgan fingerprint density at radius 2 is 1.91 bits per heavy atom. The average Bonchev–Trinajstić information content (AvgIpc) is 3.33. The Morgan fingerprint density at radius 1 is 1.09 bits per heavy atom. The Bertz CT molecular complexity index is 1390. The number of Topliss-reactive ketones (excluding diaryl/α,β-unsaturated/α-hetero) is 1. The van der Waals surface area contributed by atoms with Gasteiger partial charge in [0.1, 0.15) is 40.8 Å². The first kappa shape index (κ1) is 21.6. The molecule has 3 aromatic rings. The number of ketones is 1. The molecule has 2 aromatic carbocycles. The van der Waals surface area contributed by atoms with Gasteiger partial charge in [0, 0.05) is 54.5 Å². The minimum atomic E-state index is -1.28. The number of amides is 1. The van der Waals surface area contributed by atoms with Crippen molar-refractivity contribution >= 4 is 17.5 Å². The summed E-state index contributed by atoms with van der Waals surface area (Å²) in [5.41, 5.74) is 1.61. The van der Waals surface area contributed by atoms with Gasteiger partial charge in [0.2, 0.25) is 5.91 Å². The highest BCUT2D eigenvalue weighted by molar-refractivity contribution is 5.93. The van der Waals surface area contributed by atoms with Crippen LogP contribution in [0.4, 0.5) is 19.0 Å². The number of anilines is 1. The summed E-state index contributed by atoms with van der Waals surface area (Å²) in [5, 5.41) is 2.75. The van der Waals surface area contributed by atoms with Crippen molar-refractivity contribution in [2.75, 3.05) is 5.32 Å². The normalized spacial score (nSPS) is 21.3. The molecule has 1 amide bonds. The van der Waals surface area contributed by atoms with Gasteiger partial charge in [-0.25, -0.2) is 18.2 Å². The van der Waals surface area contributed by atoms with Crippen LogP contribution in [0.5, 0.6) is 17.2 Å². The third-order valence-corrected chi connectivity index (χ3v) is 6.74. The van der Waals surface area contributed by atoms with Crippen molar-refractivity contribution < 1.29 is 32.2 Å². The van der Waals surface area contributed by atoms with Crippen molar-refractivity contribution in [3.63, 3.8) is 0 Å². The lowest BCUT2D eigenvalue weighted by atomic mass is 10.0. The molecule has 178 valence electrons. The average molecular weight is 480 g/mol. The van der Waals surface area contributed by atoms with Crippen molar-refractivity contribution in [2.45, 2.75) is 37.7 Å². The van der Waals surface area contributed by atoms with Gasteiger partial charge in [-0.15, -0.1) is 0 Å². The van der Waals surface area contributed by atoms with Crippen LogP contribution in [0.1, 0.15) is 35.4 Å². The topological polar surface area (TPSA) is 77.5 Å². The molecular formula is C26H19F3N2O4. The summed E-state index contributed by atoms with van der Waals surface area (Å²) in [5.74, 6) is -1.36. The van der Waals surface area contributed by atoms with Gasteiger partial charge in [0.15, 0.2) is 11.6 Å². The third-order valence-electron chi connectivity index (χ3n) is 6.74. The number of hydrogen-bond donors (Lipinski definition) is 1. The van der Waals surface area contributed by atoms with Gasteiger partial charge in [0.05, 0.1) is 0 Å². The van der Waals surface area contributed by atoms with Gasteiger partial charge in [-0.2, -0.15) is 0 Å². The van der Waals surface area contributed by atoms with Crippen molar-refractivity contribution in [1.82, 2.24) is 4.98 Å². The second kappa shape index (κ2) is 8.11. The van der Waals surface area contributed by atoms with Crippen LogP contribution in [0.3, 0.4) is 0 Å². The number of pyridine rings is 1. The van der Waals surface area contributed by atoms with Crippen LogP contribution in [0, 0.1) is 23.4 Å². The summed E-state index contributed by atoms with van der Waals surface area (Å²) < 4.78 is 52.5. The number of rotatable bonds is 6. The fourth-order valence-electron chi connectivity index (χ4n) is 4.98. The summed E-state index contributed by atoms with van der Waals surface area (Å²) in [7, 11) is 0. The third kappa shape index (κ3) is 3.90. The Kier molecular flexibility index (Phi) is 5.01. The first-order chi connectivity index (χ1) is 16.9. The minimum absolute atomic E-state index is 0.0120. The van der Waals surface area contributed by atoms with E-state index < -0.39 is 17.5 Å². The highest BCUT2D eigenvalue weighted by Crippen LogP contribution is 2.60. The zero-order valence-corrected chi connectivity index (χ0v) is 18.3. The van der Waals surface area contributed by atoms with Crippen LogP contribution in [-0.4, -0.2) is 22.8 Å². The van der Waals surface area contributed by atoms with Crippen molar-refractivity contribution in [3.8, 4) is 17.2 Å². The largest absolute Gasteiger partial charge is 0.489 e. The molecule has 1 aliphatic carbocycles. The molecule has 6 rings (SSSR count). The zero-order chi connectivity index (χ0) is 24.3. The maximum atomic E-state index is 13.9. The van der Waals surface area contributed by atoms with E-state index in [-0.39, 0.29) is 48.0 Å². The summed E-state index contributed by atoms with van der Waals surface area (Å²) >= 11 is 0. The van der Waals surface area contributed by atoms with E-state index in [0.29, 0.717) is 36.2 Å². The highest BCUT2D eigenvalue weighted by Gasteiger charge is 2.59. The Balaban J connectivity index is 1.15. The van der Waals surface area contributed by atoms with Gasteiger partial charge in [-0.1, -0.05) is 0 Å². The van der Waals surface area contributed by atoms with Crippen LogP contribution in [0.2, 0.25) is 0 Å². The Labute approximate surface area is 198 Å². The molecule has 0 spiro atoms. The molecule has 1 saturated carbocycles. The number of ether oxygens (including phenoxy) is 2. The lowest BCUT2D eigenvalue weighted by Crippen LogP contribution is -2.20. The summed E-state index contributed by atoms with van der Waals surface area (Å²) in [6.07, 6.45) is 2.16. The molecule has 6 nitrogen and oxygen atoms in total. The first-order valence-corrected chi connectivity index (χ1v) is 11.3. The van der Waals surface area contributed by atoms with Gasteiger partial charge >= 0.3 is 0 Å². The van der Waals surface area contributed by atoms with E-state index in [4.69, 9.17) is 9.47 Å². The summed E-state index contributed by atoms with van der Waals surface area (Å²) in [4.78, 5) is 28.4. The number of nitrogens with zero attached hydrogens (tertiary/aromatic N) is 1. The van der Waals surface area contributed by atoms with Crippen LogP contribution in [0.25, 0.3) is 0 Å². The summed E-state index contributed by atoms with van der Waals surface area (Å²) in [6.45, 7) is 0. The lowest BCUT2D eigenvalue weighted by Gasteiger charge is -2.19. The smallest absolute Gasteiger partial charge is 0.225 e. The van der Waals surface area contributed by atoms with E-state index >= 15 is 0 Å². The fourth-order valence-corrected chi connectivity index (χ4v) is 4.98. The van der Waals surface area contributed by atoms with Crippen LogP contribution >= 0.6 is 0 Å². The first-order valence-electron chi connectivity index (χ1n) is 11.3. The van der Waals surface area contributed by atoms with Crippen LogP contribution in [0.15, 0.2) is 42.6 Å². The molecule has 1 fully saturated rings. The number of fused-ring (bicyclic) bond motifs is 4. The van der Waals surface area contributed by atoms with E-state index in [2.05, 4.69) is 10.3 Å². The minimum Gasteiger partial charge on any atom is -0.489 e. The van der Waals surface area contributed by atoms with E-state index in [1.807, 2.05) is 12.1 Å². The van der Waals surface area contributed by atoms with E-state index in [1.54, 1.807) is 18.3 Å². The number of carbonyl (C=O) groups excluding carboxylic acids is 2. The number of carbonyl (C=O) groups is 2. The Morgan fingerprint density at radius 3 is 2.77 bits per heavy atom. The van der Waals surface area contributed by atoms with Gasteiger partial charge < -0.3 is 14.8 Å². The quantitative estimate of drug-likeness (QED) is 0.511. The molecule has 3 atom stereocenters. The fraction of sp³-hybridized carbons (Fsp3) is 0.269.